The topological polar surface area (TPSA) is 637 Å². The van der Waals surface area contributed by atoms with Gasteiger partial charge in [-0.2, -0.15) is 60.0 Å². The minimum Gasteiger partial charge on any atom is -0.479 e. The predicted molar refractivity (Wildman–Crippen MR) is 206 cm³/mol. The van der Waals surface area contributed by atoms with E-state index in [4.69, 9.17) is 42.4 Å². The molecular formula is C25H42N2O39S6. The molecule has 15 N–H and O–H groups in total. The molecule has 0 amide bonds. The number of hydrogen-bond donors (Lipinski definition) is 15. The molecule has 4 aliphatic heterocycles. The van der Waals surface area contributed by atoms with Crippen LogP contribution in [-0.2, 0) is 126 Å². The lowest BCUT2D eigenvalue weighted by Gasteiger charge is -2.49. The molecule has 41 nitrogen and oxygen atoms in total. The number of aliphatic carboxylic acids is 2. The summed E-state index contributed by atoms with van der Waals surface area (Å²) in [5.41, 5.74) is 0. The molecular weight excluding hydrogens is 1140 g/mol. The first kappa shape index (κ1) is 62.2. The van der Waals surface area contributed by atoms with Gasteiger partial charge < -0.3 is 73.6 Å². The molecule has 0 aromatic heterocycles. The molecule has 4 saturated heterocycles. The second-order valence-electron chi connectivity index (χ2n) is 14.7. The smallest absolute Gasteiger partial charge is 0.397 e. The summed E-state index contributed by atoms with van der Waals surface area (Å²) in [5.74, 6) is -4.39. The maximum atomic E-state index is 12.7. The largest absolute Gasteiger partial charge is 0.479 e. The van der Waals surface area contributed by atoms with E-state index < -0.39 is 210 Å². The van der Waals surface area contributed by atoms with Gasteiger partial charge in [-0.1, -0.05) is 0 Å². The summed E-state index contributed by atoms with van der Waals surface area (Å²) in [6.45, 7) is -3.29. The zero-order chi connectivity index (χ0) is 55.0. The summed E-state index contributed by atoms with van der Waals surface area (Å²) < 4.78 is 259. The highest BCUT2D eigenvalue weighted by molar-refractivity contribution is 7.84. The molecule has 0 saturated carbocycles. The van der Waals surface area contributed by atoms with Crippen molar-refractivity contribution >= 4 is 74.1 Å². The molecule has 422 valence electrons. The van der Waals surface area contributed by atoms with Gasteiger partial charge >= 0.3 is 74.1 Å². The van der Waals surface area contributed by atoms with Gasteiger partial charge in [0.25, 0.3) is 0 Å². The molecule has 8 unspecified atom stereocenters. The SMILES string of the molecule is CO[C@H]1C(C(=O)O)O[C@@H](O[C@H]2C(COS(=O)(=O)O)O[C@@H](O[C@H]3C(C(=O)O)O[C@@H](O[C@H]4C(COS(=O)(=O)O)O[C@@H](O)C(NS(=O)(=O)O)[C@H]4O)C(OS(=O)(=O)O)[C@H]3O)C(NS(=O)(=O)O)[C@H]2O)C(OS(=O)(=O)O)[C@H]1O. The van der Waals surface area contributed by atoms with Crippen molar-refractivity contribution in [2.24, 2.45) is 0 Å². The molecule has 4 fully saturated rings. The van der Waals surface area contributed by atoms with E-state index in [0.717, 1.165) is 7.11 Å². The maximum Gasteiger partial charge on any atom is 0.397 e. The van der Waals surface area contributed by atoms with Crippen molar-refractivity contribution in [2.45, 2.75) is 123 Å². The molecule has 4 rings (SSSR count). The number of carboxylic acid groups (broad SMARTS) is 2. The normalized spacial score (nSPS) is 38.8. The number of nitrogens with one attached hydrogen (secondary N) is 2. The van der Waals surface area contributed by atoms with E-state index in [1.54, 1.807) is 0 Å². The third-order valence-corrected chi connectivity index (χ3v) is 12.8. The molecule has 0 aromatic rings. The summed E-state index contributed by atoms with van der Waals surface area (Å²) in [4.78, 5) is 24.8. The Morgan fingerprint density at radius 2 is 0.819 bits per heavy atom. The Hall–Kier alpha value is -2.36. The summed E-state index contributed by atoms with van der Waals surface area (Å²) in [7, 11) is -33.4. The fraction of sp³-hybridized carbons (Fsp3) is 0.920. The van der Waals surface area contributed by atoms with Crippen LogP contribution in [0.5, 0.6) is 0 Å². The first-order valence-electron chi connectivity index (χ1n) is 18.6. The lowest BCUT2D eigenvalue weighted by molar-refractivity contribution is -0.367. The van der Waals surface area contributed by atoms with Gasteiger partial charge in [0.1, 0.15) is 73.1 Å². The summed E-state index contributed by atoms with van der Waals surface area (Å²) >= 11 is 0. The van der Waals surface area contributed by atoms with Crippen LogP contribution < -0.4 is 9.44 Å². The Morgan fingerprint density at radius 1 is 0.458 bits per heavy atom. The van der Waals surface area contributed by atoms with E-state index in [1.807, 2.05) is 0 Å². The minimum atomic E-state index is -6.02. The molecule has 72 heavy (non-hydrogen) atoms. The van der Waals surface area contributed by atoms with Gasteiger partial charge in [0.05, 0.1) is 13.2 Å². The molecule has 20 atom stereocenters. The van der Waals surface area contributed by atoms with Crippen molar-refractivity contribution in [3.05, 3.63) is 0 Å². The van der Waals surface area contributed by atoms with Crippen molar-refractivity contribution in [2.75, 3.05) is 20.3 Å². The second-order valence-corrected chi connectivity index (χ2v) is 21.4. The van der Waals surface area contributed by atoms with Crippen LogP contribution >= 0.6 is 0 Å². The lowest BCUT2D eigenvalue weighted by Crippen LogP contribution is -2.70. The van der Waals surface area contributed by atoms with Crippen LogP contribution in [0, 0.1) is 0 Å². The Kier molecular flexibility index (Phi) is 20.3. The van der Waals surface area contributed by atoms with Gasteiger partial charge in [-0.05, 0) is 0 Å². The predicted octanol–water partition coefficient (Wildman–Crippen LogP) is -10.8. The van der Waals surface area contributed by atoms with Gasteiger partial charge in [0.2, 0.25) is 0 Å². The Balaban J connectivity index is 1.82. The zero-order valence-electron chi connectivity index (χ0n) is 34.8. The molecule has 0 bridgehead atoms. The molecule has 0 radical (unpaired) electrons. The van der Waals surface area contributed by atoms with Gasteiger partial charge in [-0.25, -0.2) is 26.3 Å². The van der Waals surface area contributed by atoms with Gasteiger partial charge in [-0.15, -0.1) is 0 Å². The van der Waals surface area contributed by atoms with Crippen LogP contribution in [-0.4, -0.2) is 269 Å². The van der Waals surface area contributed by atoms with Gasteiger partial charge in [0.15, 0.2) is 49.6 Å². The highest BCUT2D eigenvalue weighted by atomic mass is 32.3. The van der Waals surface area contributed by atoms with Crippen molar-refractivity contribution in [3.8, 4) is 0 Å². The van der Waals surface area contributed by atoms with E-state index in [0.29, 0.717) is 0 Å². The fourth-order valence-electron chi connectivity index (χ4n) is 7.11. The number of aliphatic hydroxyl groups is 5. The van der Waals surface area contributed by atoms with Crippen LogP contribution in [0.4, 0.5) is 0 Å². The van der Waals surface area contributed by atoms with Gasteiger partial charge in [-0.3, -0.25) is 27.3 Å². The zero-order valence-corrected chi connectivity index (χ0v) is 39.7. The third kappa shape index (κ3) is 17.3. The molecule has 4 aliphatic rings. The Bertz CT molecular complexity index is 2600. The quantitative estimate of drug-likeness (QED) is 0.0423. The lowest BCUT2D eigenvalue weighted by atomic mass is 9.94. The third-order valence-electron chi connectivity index (χ3n) is 9.84. The average molecular weight is 1190 g/mol. The summed E-state index contributed by atoms with van der Waals surface area (Å²) in [6.07, 6.45) is -49.0. The highest BCUT2D eigenvalue weighted by Gasteiger charge is 2.60. The number of carbonyl (C=O) groups is 2. The molecule has 4 heterocycles. The van der Waals surface area contributed by atoms with Gasteiger partial charge in [0, 0.05) is 7.11 Å². The van der Waals surface area contributed by atoms with E-state index in [-0.39, 0.29) is 0 Å². The van der Waals surface area contributed by atoms with Crippen LogP contribution in [0.3, 0.4) is 0 Å². The maximum absolute atomic E-state index is 12.7. The van der Waals surface area contributed by atoms with Crippen molar-refractivity contribution < 1.29 is 178 Å². The number of methoxy groups -OCH3 is 1. The number of hydrogen-bond acceptors (Lipinski definition) is 31. The first-order chi connectivity index (χ1) is 32.6. The number of aliphatic hydroxyl groups excluding tert-OH is 5. The standard InChI is InChI=1S/C25H42N2O39S6/c1-55-14-10(30)16(65-71(49,50)51)24(63-18(14)20(32)33)61-13-5(3-57-70(46,47)48)59-23(7(9(13)29)27-68(40,41)42)62-15-11(31)17(66-72(52,53)54)25(64-19(15)21(34)35)60-12-4(2-56-69(43,44)45)58-22(36)6(8(12)28)26-67(37,38)39/h4-19,22-31,36H,2-3H2,1H3,(H,32,33)(H,34,35)(H,37,38,39)(H,40,41,42)(H,43,44,45)(H,46,47,48)(H,49,50,51)(H,52,53,54)/t4?,5?,6?,7?,8-,9-,10+,11+,12+,13+,14-,15-,16?,17?,18?,19?,22-,23+,24-,25-/m1/s1. The van der Waals surface area contributed by atoms with Crippen LogP contribution in [0.2, 0.25) is 0 Å². The van der Waals surface area contributed by atoms with Crippen LogP contribution in [0.15, 0.2) is 0 Å². The van der Waals surface area contributed by atoms with E-state index in [9.17, 15) is 119 Å². The first-order valence-corrected chi connectivity index (χ1v) is 27.0. The molecule has 0 aliphatic carbocycles. The fourth-order valence-corrected chi connectivity index (χ4v) is 9.89. The second kappa shape index (κ2) is 23.5. The summed E-state index contributed by atoms with van der Waals surface area (Å²) in [6, 6.07) is -5.33. The van der Waals surface area contributed by atoms with Crippen LogP contribution in [0.25, 0.3) is 0 Å². The van der Waals surface area contributed by atoms with E-state index >= 15 is 0 Å². The van der Waals surface area contributed by atoms with E-state index in [2.05, 4.69) is 16.7 Å². The monoisotopic (exact) mass is 1190 g/mol. The van der Waals surface area contributed by atoms with Crippen molar-refractivity contribution in [1.82, 2.24) is 9.44 Å². The molecule has 0 spiro atoms. The minimum absolute atomic E-state index is 0.756. The van der Waals surface area contributed by atoms with Crippen LogP contribution in [0.1, 0.15) is 0 Å². The molecule has 0 aromatic carbocycles. The highest BCUT2D eigenvalue weighted by Crippen LogP contribution is 2.37. The number of carboxylic acids is 2. The van der Waals surface area contributed by atoms with E-state index in [1.165, 1.54) is 9.44 Å². The average Bonchev–Trinajstić information content (AvgIpc) is 3.19. The molecule has 47 heteroatoms. The van der Waals surface area contributed by atoms with Crippen molar-refractivity contribution in [3.63, 3.8) is 0 Å². The summed E-state index contributed by atoms with van der Waals surface area (Å²) in [5, 5.41) is 75.2. The Labute approximate surface area is 403 Å². The number of ether oxygens (including phenoxy) is 8. The number of rotatable bonds is 23. The van der Waals surface area contributed by atoms with Crippen molar-refractivity contribution in [1.29, 1.82) is 0 Å². The Morgan fingerprint density at radius 3 is 1.19 bits per heavy atom.